The first-order valence-electron chi connectivity index (χ1n) is 9.49. The van der Waals surface area contributed by atoms with Crippen molar-refractivity contribution in [1.82, 2.24) is 5.32 Å². The number of aryl methyl sites for hydroxylation is 2. The number of sulfonamides is 1. The Bertz CT molecular complexity index is 1160. The van der Waals surface area contributed by atoms with E-state index in [1.54, 1.807) is 19.1 Å². The van der Waals surface area contributed by atoms with E-state index in [2.05, 4.69) is 5.32 Å². The highest BCUT2D eigenvalue weighted by atomic mass is 32.2. The van der Waals surface area contributed by atoms with Crippen LogP contribution in [0.4, 0.5) is 5.69 Å². The molecule has 6 heteroatoms. The molecule has 1 amide bonds. The third kappa shape index (κ3) is 4.77. The molecule has 5 nitrogen and oxygen atoms in total. The SMILES string of the molecule is Cc1ccc(N(C(C)C(=O)NCc2ccc3ccccc3c2)S(C)(=O)=O)cc1C. The van der Waals surface area contributed by atoms with Crippen LogP contribution in [0.5, 0.6) is 0 Å². The first-order valence-corrected chi connectivity index (χ1v) is 11.3. The Labute approximate surface area is 172 Å². The monoisotopic (exact) mass is 410 g/mol. The van der Waals surface area contributed by atoms with Gasteiger partial charge in [-0.2, -0.15) is 0 Å². The van der Waals surface area contributed by atoms with Crippen LogP contribution in [-0.2, 0) is 21.4 Å². The number of nitrogens with zero attached hydrogens (tertiary/aromatic N) is 1. The predicted molar refractivity (Wildman–Crippen MR) is 118 cm³/mol. The third-order valence-electron chi connectivity index (χ3n) is 5.11. The zero-order valence-corrected chi connectivity index (χ0v) is 18.0. The lowest BCUT2D eigenvalue weighted by atomic mass is 10.1. The van der Waals surface area contributed by atoms with E-state index in [1.165, 1.54) is 4.31 Å². The van der Waals surface area contributed by atoms with Crippen molar-refractivity contribution in [3.63, 3.8) is 0 Å². The molecule has 0 spiro atoms. The number of rotatable bonds is 6. The van der Waals surface area contributed by atoms with Crippen molar-refractivity contribution >= 4 is 32.4 Å². The van der Waals surface area contributed by atoms with Crippen molar-refractivity contribution in [2.75, 3.05) is 10.6 Å². The van der Waals surface area contributed by atoms with E-state index in [1.807, 2.05) is 62.4 Å². The molecule has 3 rings (SSSR count). The summed E-state index contributed by atoms with van der Waals surface area (Å²) in [6, 6.07) is 18.5. The highest BCUT2D eigenvalue weighted by Gasteiger charge is 2.29. The van der Waals surface area contributed by atoms with Crippen LogP contribution in [0.1, 0.15) is 23.6 Å². The molecule has 29 heavy (non-hydrogen) atoms. The second-order valence-corrected chi connectivity index (χ2v) is 9.26. The van der Waals surface area contributed by atoms with Gasteiger partial charge in [0, 0.05) is 6.54 Å². The van der Waals surface area contributed by atoms with E-state index >= 15 is 0 Å². The van der Waals surface area contributed by atoms with Gasteiger partial charge in [0.25, 0.3) is 0 Å². The molecule has 1 atom stereocenters. The van der Waals surface area contributed by atoms with Crippen LogP contribution in [0, 0.1) is 13.8 Å². The quantitative estimate of drug-likeness (QED) is 0.670. The van der Waals surface area contributed by atoms with Gasteiger partial charge in [0.05, 0.1) is 11.9 Å². The van der Waals surface area contributed by atoms with Crippen LogP contribution in [-0.4, -0.2) is 26.6 Å². The van der Waals surface area contributed by atoms with E-state index in [0.29, 0.717) is 12.2 Å². The number of hydrogen-bond acceptors (Lipinski definition) is 3. The Kier molecular flexibility index (Phi) is 5.94. The Morgan fingerprint density at radius 3 is 2.31 bits per heavy atom. The maximum atomic E-state index is 12.8. The smallest absolute Gasteiger partial charge is 0.243 e. The van der Waals surface area contributed by atoms with E-state index in [9.17, 15) is 13.2 Å². The Hall–Kier alpha value is -2.86. The number of fused-ring (bicyclic) bond motifs is 1. The lowest BCUT2D eigenvalue weighted by Gasteiger charge is -2.28. The number of nitrogens with one attached hydrogen (secondary N) is 1. The minimum Gasteiger partial charge on any atom is -0.350 e. The number of anilines is 1. The molecule has 3 aromatic carbocycles. The summed E-state index contributed by atoms with van der Waals surface area (Å²) in [7, 11) is -3.63. The molecule has 1 unspecified atom stereocenters. The van der Waals surface area contributed by atoms with Crippen LogP contribution in [0.15, 0.2) is 60.7 Å². The first kappa shape index (κ1) is 20.9. The van der Waals surface area contributed by atoms with Crippen LogP contribution in [0.25, 0.3) is 10.8 Å². The third-order valence-corrected chi connectivity index (χ3v) is 6.36. The summed E-state index contributed by atoms with van der Waals surface area (Å²) in [5.41, 5.74) is 3.49. The molecule has 0 fully saturated rings. The molecule has 0 bridgehead atoms. The van der Waals surface area contributed by atoms with Gasteiger partial charge in [-0.15, -0.1) is 0 Å². The first-order chi connectivity index (χ1) is 13.7. The number of benzene rings is 3. The lowest BCUT2D eigenvalue weighted by Crippen LogP contribution is -2.47. The minimum atomic E-state index is -3.63. The number of carbonyl (C=O) groups excluding carboxylic acids is 1. The van der Waals surface area contributed by atoms with Crippen LogP contribution in [0.3, 0.4) is 0 Å². The largest absolute Gasteiger partial charge is 0.350 e. The molecule has 152 valence electrons. The van der Waals surface area contributed by atoms with Crippen molar-refractivity contribution in [3.05, 3.63) is 77.4 Å². The number of carbonyl (C=O) groups is 1. The maximum absolute atomic E-state index is 12.8. The molecular formula is C23H26N2O3S. The minimum absolute atomic E-state index is 0.332. The van der Waals surface area contributed by atoms with Crippen LogP contribution >= 0.6 is 0 Å². The highest BCUT2D eigenvalue weighted by Crippen LogP contribution is 2.24. The summed E-state index contributed by atoms with van der Waals surface area (Å²) >= 11 is 0. The fourth-order valence-corrected chi connectivity index (χ4v) is 4.52. The summed E-state index contributed by atoms with van der Waals surface area (Å²) in [5, 5.41) is 5.10. The molecule has 0 aliphatic heterocycles. The molecule has 0 aliphatic rings. The Morgan fingerprint density at radius 1 is 0.966 bits per heavy atom. The van der Waals surface area contributed by atoms with E-state index in [4.69, 9.17) is 0 Å². The second kappa shape index (κ2) is 8.25. The van der Waals surface area contributed by atoms with E-state index in [0.717, 1.165) is 33.7 Å². The average Bonchev–Trinajstić information content (AvgIpc) is 2.67. The summed E-state index contributed by atoms with van der Waals surface area (Å²) in [4.78, 5) is 12.8. The summed E-state index contributed by atoms with van der Waals surface area (Å²) in [6.07, 6.45) is 1.12. The van der Waals surface area contributed by atoms with Gasteiger partial charge in [-0.3, -0.25) is 9.10 Å². The van der Waals surface area contributed by atoms with Crippen molar-refractivity contribution in [3.8, 4) is 0 Å². The fraction of sp³-hybridized carbons (Fsp3) is 0.261. The van der Waals surface area contributed by atoms with Gasteiger partial charge < -0.3 is 5.32 Å². The summed E-state index contributed by atoms with van der Waals surface area (Å²) in [6.45, 7) is 5.82. The molecule has 1 N–H and O–H groups in total. The normalized spacial score (nSPS) is 12.6. The van der Waals surface area contributed by atoms with Crippen molar-refractivity contribution < 1.29 is 13.2 Å². The molecule has 0 saturated heterocycles. The number of amides is 1. The Morgan fingerprint density at radius 2 is 1.66 bits per heavy atom. The van der Waals surface area contributed by atoms with Gasteiger partial charge in [-0.25, -0.2) is 8.42 Å². The predicted octanol–water partition coefficient (Wildman–Crippen LogP) is 3.93. The van der Waals surface area contributed by atoms with Crippen molar-refractivity contribution in [2.45, 2.75) is 33.4 Å². The van der Waals surface area contributed by atoms with Gasteiger partial charge in [-0.05, 0) is 66.4 Å². The van der Waals surface area contributed by atoms with Crippen molar-refractivity contribution in [2.24, 2.45) is 0 Å². The number of hydrogen-bond donors (Lipinski definition) is 1. The second-order valence-electron chi connectivity index (χ2n) is 7.40. The van der Waals surface area contributed by atoms with Crippen molar-refractivity contribution in [1.29, 1.82) is 0 Å². The van der Waals surface area contributed by atoms with Crippen LogP contribution in [0.2, 0.25) is 0 Å². The van der Waals surface area contributed by atoms with E-state index < -0.39 is 16.1 Å². The summed E-state index contributed by atoms with van der Waals surface area (Å²) < 4.78 is 26.1. The molecule has 0 aromatic heterocycles. The van der Waals surface area contributed by atoms with Gasteiger partial charge >= 0.3 is 0 Å². The molecule has 0 heterocycles. The molecular weight excluding hydrogens is 384 g/mol. The maximum Gasteiger partial charge on any atom is 0.243 e. The summed E-state index contributed by atoms with van der Waals surface area (Å²) in [5.74, 6) is -0.346. The van der Waals surface area contributed by atoms with Gasteiger partial charge in [0.15, 0.2) is 0 Å². The standard InChI is InChI=1S/C23H26N2O3S/c1-16-9-12-22(13-17(16)2)25(29(4,27)28)18(3)23(26)24-15-19-10-11-20-7-5-6-8-21(20)14-19/h5-14,18H,15H2,1-4H3,(H,24,26). The fourth-order valence-electron chi connectivity index (χ4n) is 3.36. The molecule has 0 aliphatic carbocycles. The van der Waals surface area contributed by atoms with Gasteiger partial charge in [0.1, 0.15) is 6.04 Å². The van der Waals surface area contributed by atoms with Gasteiger partial charge in [-0.1, -0.05) is 42.5 Å². The average molecular weight is 411 g/mol. The zero-order valence-electron chi connectivity index (χ0n) is 17.1. The lowest BCUT2D eigenvalue weighted by molar-refractivity contribution is -0.122. The molecule has 0 saturated carbocycles. The topological polar surface area (TPSA) is 66.5 Å². The van der Waals surface area contributed by atoms with E-state index in [-0.39, 0.29) is 5.91 Å². The molecule has 0 radical (unpaired) electrons. The Balaban J connectivity index is 1.78. The molecule has 3 aromatic rings. The van der Waals surface area contributed by atoms with Crippen LogP contribution < -0.4 is 9.62 Å². The zero-order chi connectivity index (χ0) is 21.2. The highest BCUT2D eigenvalue weighted by molar-refractivity contribution is 7.92. The van der Waals surface area contributed by atoms with Gasteiger partial charge in [0.2, 0.25) is 15.9 Å².